The Balaban J connectivity index is 0. The summed E-state index contributed by atoms with van der Waals surface area (Å²) in [6.45, 7) is 4.36. The van der Waals surface area contributed by atoms with Crippen LogP contribution in [0.2, 0.25) is 0 Å². The first-order chi connectivity index (χ1) is 1.91. The zero-order valence-electron chi connectivity index (χ0n) is 4.41. The van der Waals surface area contributed by atoms with E-state index in [0.29, 0.717) is 0 Å². The summed E-state index contributed by atoms with van der Waals surface area (Å²) in [6.07, 6.45) is 2.64. The van der Waals surface area contributed by atoms with E-state index >= 15 is 0 Å². The Labute approximate surface area is 34.0 Å². The lowest BCUT2D eigenvalue weighted by molar-refractivity contribution is 0.886. The van der Waals surface area contributed by atoms with Gasteiger partial charge in [-0.15, -0.1) is 0 Å². The number of unbranched alkanes of at least 4 members (excludes halogenated alkanes) is 1. The van der Waals surface area contributed by atoms with Crippen molar-refractivity contribution in [2.24, 2.45) is 0 Å². The molecule has 0 atom stereocenters. The van der Waals surface area contributed by atoms with Gasteiger partial charge in [-0.3, -0.25) is 0 Å². The van der Waals surface area contributed by atoms with Crippen molar-refractivity contribution in [1.29, 1.82) is 0 Å². The molecule has 0 aromatic rings. The SMILES string of the molecule is CCCC.[NH4+]. The Morgan fingerprint density at radius 2 is 1.20 bits per heavy atom. The molecule has 34 valence electrons. The lowest BCUT2D eigenvalue weighted by Crippen LogP contribution is -1.47. The average Bonchev–Trinajstić information content (AvgIpc) is 1.37. The van der Waals surface area contributed by atoms with Crippen LogP contribution in [0.1, 0.15) is 26.7 Å². The summed E-state index contributed by atoms with van der Waals surface area (Å²) in [5.41, 5.74) is 0. The second-order valence-corrected chi connectivity index (χ2v) is 1.000. The molecule has 1 nitrogen and oxygen atoms in total. The highest BCUT2D eigenvalue weighted by Gasteiger charge is 1.56. The van der Waals surface area contributed by atoms with Crippen molar-refractivity contribution in [3.8, 4) is 0 Å². The molecule has 0 aliphatic rings. The minimum Gasteiger partial charge on any atom is -0.369 e. The third-order valence-corrected chi connectivity index (χ3v) is 0.500. The van der Waals surface area contributed by atoms with Gasteiger partial charge in [-0.05, 0) is 0 Å². The van der Waals surface area contributed by atoms with E-state index in [2.05, 4.69) is 13.8 Å². The van der Waals surface area contributed by atoms with E-state index in [-0.39, 0.29) is 6.15 Å². The molecular weight excluding hydrogens is 62.1 g/mol. The summed E-state index contributed by atoms with van der Waals surface area (Å²) in [5, 5.41) is 0. The molecular formula is C4H14N+. The molecule has 0 spiro atoms. The number of hydrogen-bond acceptors (Lipinski definition) is 0. The van der Waals surface area contributed by atoms with Gasteiger partial charge in [0.1, 0.15) is 0 Å². The van der Waals surface area contributed by atoms with Crippen molar-refractivity contribution in [3.63, 3.8) is 0 Å². The smallest absolute Gasteiger partial charge is 0.0564 e. The molecule has 0 unspecified atom stereocenters. The van der Waals surface area contributed by atoms with Crippen molar-refractivity contribution < 1.29 is 0 Å². The Hall–Kier alpha value is -0.0400. The Kier molecular flexibility index (Phi) is 16.0. The zero-order valence-corrected chi connectivity index (χ0v) is 4.41. The Morgan fingerprint density at radius 1 is 1.00 bits per heavy atom. The maximum Gasteiger partial charge on any atom is -0.0564 e. The fourth-order valence-electron chi connectivity index (χ4n) is 0. The lowest BCUT2D eigenvalue weighted by Gasteiger charge is -1.68. The summed E-state index contributed by atoms with van der Waals surface area (Å²) < 4.78 is 0. The van der Waals surface area contributed by atoms with Gasteiger partial charge in [0.2, 0.25) is 0 Å². The maximum atomic E-state index is 2.18. The predicted octanol–water partition coefficient (Wildman–Crippen LogP) is 2.18. The van der Waals surface area contributed by atoms with Gasteiger partial charge < -0.3 is 6.15 Å². The summed E-state index contributed by atoms with van der Waals surface area (Å²) in [7, 11) is 0. The van der Waals surface area contributed by atoms with Crippen molar-refractivity contribution >= 4 is 0 Å². The van der Waals surface area contributed by atoms with Gasteiger partial charge >= 0.3 is 0 Å². The molecule has 0 saturated heterocycles. The van der Waals surface area contributed by atoms with E-state index in [4.69, 9.17) is 0 Å². The van der Waals surface area contributed by atoms with E-state index in [1.807, 2.05) is 0 Å². The van der Waals surface area contributed by atoms with Crippen LogP contribution in [0.15, 0.2) is 0 Å². The molecule has 0 bridgehead atoms. The summed E-state index contributed by atoms with van der Waals surface area (Å²) in [4.78, 5) is 0. The van der Waals surface area contributed by atoms with Crippen molar-refractivity contribution in [2.45, 2.75) is 26.7 Å². The second kappa shape index (κ2) is 9.03. The maximum absolute atomic E-state index is 2.18. The van der Waals surface area contributed by atoms with Gasteiger partial charge in [-0.2, -0.15) is 0 Å². The van der Waals surface area contributed by atoms with E-state index in [1.54, 1.807) is 0 Å². The van der Waals surface area contributed by atoms with Gasteiger partial charge in [-0.1, -0.05) is 26.7 Å². The normalized spacial score (nSPS) is 6.00. The van der Waals surface area contributed by atoms with Crippen LogP contribution in [-0.4, -0.2) is 0 Å². The van der Waals surface area contributed by atoms with Gasteiger partial charge in [0.15, 0.2) is 0 Å². The predicted molar refractivity (Wildman–Crippen MR) is 26.6 cm³/mol. The van der Waals surface area contributed by atoms with Gasteiger partial charge in [0.25, 0.3) is 0 Å². The van der Waals surface area contributed by atoms with E-state index in [1.165, 1.54) is 12.8 Å². The van der Waals surface area contributed by atoms with Crippen molar-refractivity contribution in [2.75, 3.05) is 0 Å². The minimum atomic E-state index is 0. The molecule has 1 heteroatoms. The molecule has 0 aromatic carbocycles. The summed E-state index contributed by atoms with van der Waals surface area (Å²) in [6, 6.07) is 0. The standard InChI is InChI=1S/C4H10.H3N/c1-3-4-2;/h3-4H2,1-2H3;1H3/p+1. The summed E-state index contributed by atoms with van der Waals surface area (Å²) in [5.74, 6) is 0. The highest BCUT2D eigenvalue weighted by molar-refractivity contribution is 4.12. The topological polar surface area (TPSA) is 36.5 Å². The first kappa shape index (κ1) is 8.88. The monoisotopic (exact) mass is 76.1 g/mol. The third kappa shape index (κ3) is 16.5. The van der Waals surface area contributed by atoms with Crippen LogP contribution in [-0.2, 0) is 0 Å². The van der Waals surface area contributed by atoms with Crippen LogP contribution in [0.3, 0.4) is 0 Å². The Bertz CT molecular complexity index is 5.61. The molecule has 0 rings (SSSR count). The molecule has 0 fully saturated rings. The molecule has 0 aliphatic heterocycles. The number of hydrogen-bond donors (Lipinski definition) is 1. The average molecular weight is 76.2 g/mol. The van der Waals surface area contributed by atoms with E-state index in [9.17, 15) is 0 Å². The largest absolute Gasteiger partial charge is 0.369 e. The van der Waals surface area contributed by atoms with Gasteiger partial charge in [0.05, 0.1) is 0 Å². The highest BCUT2D eigenvalue weighted by atomic mass is 14.0. The highest BCUT2D eigenvalue weighted by Crippen LogP contribution is 1.76. The van der Waals surface area contributed by atoms with Gasteiger partial charge in [0, 0.05) is 0 Å². The molecule has 0 aliphatic carbocycles. The third-order valence-electron chi connectivity index (χ3n) is 0.500. The lowest BCUT2D eigenvalue weighted by atomic mass is 10.4. The van der Waals surface area contributed by atoms with Crippen molar-refractivity contribution in [1.82, 2.24) is 6.15 Å². The fraction of sp³-hybridized carbons (Fsp3) is 1.00. The van der Waals surface area contributed by atoms with Gasteiger partial charge in [-0.25, -0.2) is 0 Å². The molecule has 0 saturated carbocycles. The van der Waals surface area contributed by atoms with Crippen LogP contribution in [0.5, 0.6) is 0 Å². The molecule has 4 N–H and O–H groups in total. The zero-order chi connectivity index (χ0) is 3.41. The Morgan fingerprint density at radius 3 is 1.20 bits per heavy atom. The van der Waals surface area contributed by atoms with Crippen molar-refractivity contribution in [3.05, 3.63) is 0 Å². The van der Waals surface area contributed by atoms with Crippen LogP contribution in [0.25, 0.3) is 0 Å². The number of rotatable bonds is 1. The van der Waals surface area contributed by atoms with Crippen LogP contribution in [0.4, 0.5) is 0 Å². The number of quaternary nitrogens is 1. The second-order valence-electron chi connectivity index (χ2n) is 1.000. The van der Waals surface area contributed by atoms with Crippen LogP contribution < -0.4 is 6.15 Å². The molecule has 0 heterocycles. The fourth-order valence-corrected chi connectivity index (χ4v) is 0. The first-order valence-electron chi connectivity index (χ1n) is 1.91. The minimum absolute atomic E-state index is 0. The quantitative estimate of drug-likeness (QED) is 0.497. The van der Waals surface area contributed by atoms with E-state index < -0.39 is 0 Å². The van der Waals surface area contributed by atoms with E-state index in [0.717, 1.165) is 0 Å². The molecule has 0 radical (unpaired) electrons. The summed E-state index contributed by atoms with van der Waals surface area (Å²) >= 11 is 0. The first-order valence-corrected chi connectivity index (χ1v) is 1.91. The molecule has 0 aromatic heterocycles. The molecule has 5 heavy (non-hydrogen) atoms. The molecule has 0 amide bonds. The van der Waals surface area contributed by atoms with Crippen LogP contribution >= 0.6 is 0 Å². The van der Waals surface area contributed by atoms with Crippen LogP contribution in [0, 0.1) is 0 Å².